The fraction of sp³-hybridized carbons (Fsp3) is 0.231. The van der Waals surface area contributed by atoms with Gasteiger partial charge < -0.3 is 15.0 Å². The van der Waals surface area contributed by atoms with Gasteiger partial charge in [-0.1, -0.05) is 17.3 Å². The first-order valence-electron chi connectivity index (χ1n) is 5.52. The smallest absolute Gasteiger partial charge is 0.340 e. The van der Waals surface area contributed by atoms with Crippen LogP contribution in [0.25, 0.3) is 0 Å². The van der Waals surface area contributed by atoms with Gasteiger partial charge in [0.1, 0.15) is 0 Å². The molecule has 2 aromatic rings. The van der Waals surface area contributed by atoms with Gasteiger partial charge in [0.25, 0.3) is 0 Å². The summed E-state index contributed by atoms with van der Waals surface area (Å²) in [7, 11) is 0. The maximum absolute atomic E-state index is 11.8. The zero-order chi connectivity index (χ0) is 13.1. The van der Waals surface area contributed by atoms with Crippen LogP contribution in [0.3, 0.4) is 0 Å². The molecule has 1 aromatic heterocycles. The summed E-state index contributed by atoms with van der Waals surface area (Å²) >= 11 is 0. The highest BCUT2D eigenvalue weighted by molar-refractivity contribution is 5.95. The lowest BCUT2D eigenvalue weighted by Gasteiger charge is -2.07. The van der Waals surface area contributed by atoms with E-state index < -0.39 is 5.97 Å². The molecule has 1 aromatic carbocycles. The van der Waals surface area contributed by atoms with Crippen molar-refractivity contribution < 1.29 is 14.1 Å². The van der Waals surface area contributed by atoms with E-state index >= 15 is 0 Å². The van der Waals surface area contributed by atoms with Gasteiger partial charge in [0, 0.05) is 11.8 Å². The molecule has 0 aliphatic carbocycles. The molecular formula is C13H14N2O3. The fourth-order valence-corrected chi connectivity index (χ4v) is 1.56. The minimum atomic E-state index is -0.467. The summed E-state index contributed by atoms with van der Waals surface area (Å²) in [6.07, 6.45) is 0. The van der Waals surface area contributed by atoms with Gasteiger partial charge in [-0.25, -0.2) is 4.79 Å². The third kappa shape index (κ3) is 2.51. The Morgan fingerprint density at radius 3 is 2.89 bits per heavy atom. The summed E-state index contributed by atoms with van der Waals surface area (Å²) in [6, 6.07) is 6.95. The molecule has 94 valence electrons. The molecular weight excluding hydrogens is 232 g/mol. The molecule has 0 radical (unpaired) electrons. The Labute approximate surface area is 105 Å². The van der Waals surface area contributed by atoms with Gasteiger partial charge in [0.15, 0.2) is 12.4 Å². The Bertz CT molecular complexity index is 575. The van der Waals surface area contributed by atoms with Crippen LogP contribution in [0.4, 0.5) is 5.69 Å². The predicted molar refractivity (Wildman–Crippen MR) is 66.0 cm³/mol. The van der Waals surface area contributed by atoms with Crippen LogP contribution in [0.15, 0.2) is 28.8 Å². The Morgan fingerprint density at radius 1 is 1.44 bits per heavy atom. The van der Waals surface area contributed by atoms with Gasteiger partial charge in [0.05, 0.1) is 11.3 Å². The highest BCUT2D eigenvalue weighted by atomic mass is 16.5. The van der Waals surface area contributed by atoms with Crippen LogP contribution in [0.5, 0.6) is 0 Å². The molecule has 2 N–H and O–H groups in total. The average Bonchev–Trinajstić information content (AvgIpc) is 2.76. The van der Waals surface area contributed by atoms with Crippen molar-refractivity contribution >= 4 is 11.7 Å². The van der Waals surface area contributed by atoms with Gasteiger partial charge in [-0.05, 0) is 25.5 Å². The Kier molecular flexibility index (Phi) is 3.32. The van der Waals surface area contributed by atoms with Crippen molar-refractivity contribution in [2.45, 2.75) is 20.5 Å². The number of hydrogen-bond acceptors (Lipinski definition) is 5. The van der Waals surface area contributed by atoms with Crippen LogP contribution in [-0.4, -0.2) is 11.1 Å². The average molecular weight is 246 g/mol. The fourth-order valence-electron chi connectivity index (χ4n) is 1.56. The normalized spacial score (nSPS) is 10.3. The van der Waals surface area contributed by atoms with Gasteiger partial charge in [-0.15, -0.1) is 0 Å². The van der Waals surface area contributed by atoms with Crippen LogP contribution in [-0.2, 0) is 11.3 Å². The van der Waals surface area contributed by atoms with E-state index in [0.717, 1.165) is 11.3 Å². The van der Waals surface area contributed by atoms with Crippen molar-refractivity contribution in [3.63, 3.8) is 0 Å². The van der Waals surface area contributed by atoms with E-state index in [4.69, 9.17) is 15.0 Å². The first kappa shape index (κ1) is 12.2. The minimum Gasteiger partial charge on any atom is -0.454 e. The monoisotopic (exact) mass is 246 g/mol. The van der Waals surface area contributed by atoms with Crippen molar-refractivity contribution in [1.82, 2.24) is 5.16 Å². The Hall–Kier alpha value is -2.30. The van der Waals surface area contributed by atoms with E-state index in [9.17, 15) is 4.79 Å². The summed E-state index contributed by atoms with van der Waals surface area (Å²) < 4.78 is 10.1. The zero-order valence-electron chi connectivity index (χ0n) is 10.3. The summed E-state index contributed by atoms with van der Waals surface area (Å²) in [4.78, 5) is 11.8. The lowest BCUT2D eigenvalue weighted by Crippen LogP contribution is -2.08. The van der Waals surface area contributed by atoms with Crippen molar-refractivity contribution in [3.8, 4) is 0 Å². The second-order valence-electron chi connectivity index (χ2n) is 4.05. The summed E-state index contributed by atoms with van der Waals surface area (Å²) in [5, 5.41) is 3.71. The number of para-hydroxylation sites is 1. The van der Waals surface area contributed by atoms with Crippen LogP contribution in [0, 0.1) is 13.8 Å². The third-order valence-corrected chi connectivity index (χ3v) is 2.57. The molecule has 5 heteroatoms. The molecule has 0 aliphatic heterocycles. The number of carbonyl (C=O) groups is 1. The second-order valence-corrected chi connectivity index (χ2v) is 4.05. The predicted octanol–water partition coefficient (Wildman–Crippen LogP) is 2.23. The number of nitrogens with two attached hydrogens (primary N) is 1. The topological polar surface area (TPSA) is 78.4 Å². The molecule has 1 heterocycles. The van der Waals surface area contributed by atoms with Crippen molar-refractivity contribution in [2.24, 2.45) is 0 Å². The van der Waals surface area contributed by atoms with Gasteiger partial charge >= 0.3 is 5.97 Å². The van der Waals surface area contributed by atoms with Crippen LogP contribution >= 0.6 is 0 Å². The number of rotatable bonds is 3. The number of benzene rings is 1. The number of anilines is 1. The van der Waals surface area contributed by atoms with Gasteiger partial charge in [-0.2, -0.15) is 0 Å². The summed E-state index contributed by atoms with van der Waals surface area (Å²) in [5.74, 6) is 0.0392. The molecule has 0 spiro atoms. The number of carbonyl (C=O) groups excluding carboxylic acids is 1. The number of hydrogen-bond donors (Lipinski definition) is 1. The molecule has 0 saturated heterocycles. The molecule has 0 atom stereocenters. The molecule has 0 amide bonds. The number of nitrogens with zero attached hydrogens (tertiary/aromatic N) is 1. The van der Waals surface area contributed by atoms with Crippen LogP contribution in [0.2, 0.25) is 0 Å². The molecule has 0 bridgehead atoms. The largest absolute Gasteiger partial charge is 0.454 e. The number of aromatic nitrogens is 1. The highest BCUT2D eigenvalue weighted by Gasteiger charge is 2.13. The molecule has 0 fully saturated rings. The van der Waals surface area contributed by atoms with E-state index in [-0.39, 0.29) is 6.61 Å². The van der Waals surface area contributed by atoms with Crippen molar-refractivity contribution in [1.29, 1.82) is 0 Å². The van der Waals surface area contributed by atoms with Crippen LogP contribution < -0.4 is 5.73 Å². The van der Waals surface area contributed by atoms with Crippen molar-refractivity contribution in [2.75, 3.05) is 5.73 Å². The lowest BCUT2D eigenvalue weighted by atomic mass is 10.1. The Morgan fingerprint density at radius 2 is 2.22 bits per heavy atom. The summed E-state index contributed by atoms with van der Waals surface area (Å²) in [5.41, 5.74) is 8.22. The molecule has 2 rings (SSSR count). The Balaban J connectivity index is 2.06. The first-order chi connectivity index (χ1) is 8.58. The maximum atomic E-state index is 11.8. The highest BCUT2D eigenvalue weighted by Crippen LogP contribution is 2.18. The quantitative estimate of drug-likeness (QED) is 0.663. The standard InChI is InChI=1S/C13H14N2O3/c1-8-4-3-5-11(12(8)14)13(16)17-7-10-6-9(2)15-18-10/h3-6H,7,14H2,1-2H3. The minimum absolute atomic E-state index is 0.0487. The number of nitrogen functional groups attached to an aromatic ring is 1. The third-order valence-electron chi connectivity index (χ3n) is 2.57. The zero-order valence-corrected chi connectivity index (χ0v) is 10.3. The molecule has 5 nitrogen and oxygen atoms in total. The maximum Gasteiger partial charge on any atom is 0.340 e. The van der Waals surface area contributed by atoms with Crippen LogP contribution in [0.1, 0.15) is 27.4 Å². The number of esters is 1. The van der Waals surface area contributed by atoms with E-state index in [0.29, 0.717) is 17.0 Å². The molecule has 0 unspecified atom stereocenters. The molecule has 18 heavy (non-hydrogen) atoms. The number of aryl methyl sites for hydroxylation is 2. The van der Waals surface area contributed by atoms with E-state index in [1.54, 1.807) is 25.1 Å². The van der Waals surface area contributed by atoms with E-state index in [1.165, 1.54) is 0 Å². The van der Waals surface area contributed by atoms with Gasteiger partial charge in [0.2, 0.25) is 0 Å². The molecule has 0 saturated carbocycles. The molecule has 0 aliphatic rings. The van der Waals surface area contributed by atoms with E-state index in [1.807, 2.05) is 13.0 Å². The van der Waals surface area contributed by atoms with Crippen molar-refractivity contribution in [3.05, 3.63) is 46.8 Å². The SMILES string of the molecule is Cc1cc(COC(=O)c2cccc(C)c2N)on1. The number of ether oxygens (including phenoxy) is 1. The summed E-state index contributed by atoms with van der Waals surface area (Å²) in [6.45, 7) is 3.69. The first-order valence-corrected chi connectivity index (χ1v) is 5.52. The van der Waals surface area contributed by atoms with E-state index in [2.05, 4.69) is 5.16 Å². The van der Waals surface area contributed by atoms with Gasteiger partial charge in [-0.3, -0.25) is 0 Å². The lowest BCUT2D eigenvalue weighted by molar-refractivity contribution is 0.0438. The second kappa shape index (κ2) is 4.91.